The Morgan fingerprint density at radius 2 is 2.10 bits per heavy atom. The van der Waals surface area contributed by atoms with Crippen molar-refractivity contribution in [3.05, 3.63) is 53.9 Å². The molecule has 0 saturated heterocycles. The number of amides is 1. The van der Waals surface area contributed by atoms with Crippen LogP contribution in [0.4, 0.5) is 0 Å². The zero-order valence-electron chi connectivity index (χ0n) is 16.6. The molecule has 10 heteroatoms. The molecule has 4 rings (SSSR count). The van der Waals surface area contributed by atoms with E-state index in [1.54, 1.807) is 11.3 Å². The first kappa shape index (κ1) is 20.3. The number of carbonyl (C=O) groups is 1. The van der Waals surface area contributed by atoms with E-state index in [2.05, 4.69) is 42.7 Å². The van der Waals surface area contributed by atoms with E-state index in [-0.39, 0.29) is 11.9 Å². The van der Waals surface area contributed by atoms with Gasteiger partial charge in [0.2, 0.25) is 5.91 Å². The standard InChI is InChI=1S/C20H24N8OS/c1-2-17(29)21-9-10-22-18(20-25-26-27-28(20)15-6-3-4-7-15)14-12-23-19(24-13-14)16-8-5-11-30-16/h2,5,8,11-13,15,18,22H,1,3-4,6-7,9-10H2,(H,21,29). The van der Waals surface area contributed by atoms with E-state index in [9.17, 15) is 4.79 Å². The lowest BCUT2D eigenvalue weighted by atomic mass is 10.1. The molecule has 1 atom stereocenters. The molecule has 3 aromatic heterocycles. The second-order valence-electron chi connectivity index (χ2n) is 7.12. The van der Waals surface area contributed by atoms with Gasteiger partial charge in [-0.1, -0.05) is 25.5 Å². The minimum absolute atomic E-state index is 0.201. The summed E-state index contributed by atoms with van der Waals surface area (Å²) in [4.78, 5) is 21.5. The van der Waals surface area contributed by atoms with Gasteiger partial charge >= 0.3 is 0 Å². The lowest BCUT2D eigenvalue weighted by Gasteiger charge is -2.20. The van der Waals surface area contributed by atoms with Gasteiger partial charge in [-0.05, 0) is 40.8 Å². The van der Waals surface area contributed by atoms with Gasteiger partial charge in [-0.15, -0.1) is 16.4 Å². The van der Waals surface area contributed by atoms with Gasteiger partial charge in [0.1, 0.15) is 0 Å². The summed E-state index contributed by atoms with van der Waals surface area (Å²) in [6.07, 6.45) is 9.42. The molecule has 1 fully saturated rings. The van der Waals surface area contributed by atoms with Crippen molar-refractivity contribution < 1.29 is 4.79 Å². The first-order valence-corrected chi connectivity index (χ1v) is 10.9. The van der Waals surface area contributed by atoms with Crippen LogP contribution < -0.4 is 10.6 Å². The van der Waals surface area contributed by atoms with Crippen molar-refractivity contribution in [1.82, 2.24) is 40.8 Å². The quantitative estimate of drug-likeness (QED) is 0.400. The molecule has 1 aliphatic rings. The maximum Gasteiger partial charge on any atom is 0.243 e. The van der Waals surface area contributed by atoms with Crippen molar-refractivity contribution in [2.75, 3.05) is 13.1 Å². The summed E-state index contributed by atoms with van der Waals surface area (Å²) in [5.41, 5.74) is 0.874. The topological polar surface area (TPSA) is 111 Å². The molecule has 0 spiro atoms. The number of rotatable bonds is 9. The molecule has 2 N–H and O–H groups in total. The van der Waals surface area contributed by atoms with Crippen LogP contribution in [0.1, 0.15) is 49.2 Å². The summed E-state index contributed by atoms with van der Waals surface area (Å²) >= 11 is 1.60. The van der Waals surface area contributed by atoms with E-state index in [1.165, 1.54) is 18.9 Å². The largest absolute Gasteiger partial charge is 0.351 e. The van der Waals surface area contributed by atoms with Crippen LogP contribution in [0.15, 0.2) is 42.6 Å². The number of hydrogen-bond acceptors (Lipinski definition) is 8. The number of nitrogens with one attached hydrogen (secondary N) is 2. The van der Waals surface area contributed by atoms with E-state index < -0.39 is 0 Å². The normalized spacial score (nSPS) is 15.2. The van der Waals surface area contributed by atoms with E-state index in [0.29, 0.717) is 25.0 Å². The van der Waals surface area contributed by atoms with E-state index >= 15 is 0 Å². The van der Waals surface area contributed by atoms with E-state index in [4.69, 9.17) is 0 Å². The SMILES string of the molecule is C=CC(=O)NCCNC(c1cnc(-c2cccs2)nc1)c1nnnn1C1CCCC1. The van der Waals surface area contributed by atoms with Gasteiger partial charge in [0.15, 0.2) is 11.6 Å². The molecular formula is C20H24N8OS. The number of aromatic nitrogens is 6. The van der Waals surface area contributed by atoms with Crippen molar-refractivity contribution >= 4 is 17.2 Å². The number of carbonyl (C=O) groups excluding carboxylic acids is 1. The highest BCUT2D eigenvalue weighted by Gasteiger charge is 2.27. The lowest BCUT2D eigenvalue weighted by Crippen LogP contribution is -2.34. The van der Waals surface area contributed by atoms with Crippen LogP contribution in [0.25, 0.3) is 10.7 Å². The average molecular weight is 425 g/mol. The smallest absolute Gasteiger partial charge is 0.243 e. The van der Waals surface area contributed by atoms with Crippen LogP contribution in [-0.4, -0.2) is 49.2 Å². The summed E-state index contributed by atoms with van der Waals surface area (Å²) in [5, 5.41) is 20.8. The van der Waals surface area contributed by atoms with E-state index in [1.807, 2.05) is 34.6 Å². The first-order chi connectivity index (χ1) is 14.8. The summed E-state index contributed by atoms with van der Waals surface area (Å²) in [6, 6.07) is 4.01. The molecule has 0 radical (unpaired) electrons. The fourth-order valence-corrected chi connectivity index (χ4v) is 4.32. The molecule has 0 bridgehead atoms. The fraction of sp³-hybridized carbons (Fsp3) is 0.400. The van der Waals surface area contributed by atoms with Crippen LogP contribution >= 0.6 is 11.3 Å². The Kier molecular flexibility index (Phi) is 6.55. The maximum absolute atomic E-state index is 11.4. The monoisotopic (exact) mass is 424 g/mol. The van der Waals surface area contributed by atoms with Gasteiger partial charge in [-0.3, -0.25) is 4.79 Å². The molecule has 0 aromatic carbocycles. The number of thiophene rings is 1. The molecule has 1 saturated carbocycles. The van der Waals surface area contributed by atoms with Crippen LogP contribution in [0.5, 0.6) is 0 Å². The molecule has 1 unspecified atom stereocenters. The van der Waals surface area contributed by atoms with Crippen molar-refractivity contribution in [3.8, 4) is 10.7 Å². The Labute approximate surface area is 178 Å². The Balaban J connectivity index is 1.56. The molecule has 30 heavy (non-hydrogen) atoms. The minimum atomic E-state index is -0.279. The predicted molar refractivity (Wildman–Crippen MR) is 114 cm³/mol. The molecule has 9 nitrogen and oxygen atoms in total. The Bertz CT molecular complexity index is 963. The lowest BCUT2D eigenvalue weighted by molar-refractivity contribution is -0.116. The van der Waals surface area contributed by atoms with Crippen molar-refractivity contribution in [3.63, 3.8) is 0 Å². The third kappa shape index (κ3) is 4.60. The highest BCUT2D eigenvalue weighted by molar-refractivity contribution is 7.13. The van der Waals surface area contributed by atoms with Crippen LogP contribution in [0.3, 0.4) is 0 Å². The van der Waals surface area contributed by atoms with Gasteiger partial charge in [0, 0.05) is 31.0 Å². The van der Waals surface area contributed by atoms with Gasteiger partial charge in [0.25, 0.3) is 0 Å². The van der Waals surface area contributed by atoms with Gasteiger partial charge in [0.05, 0.1) is 17.0 Å². The van der Waals surface area contributed by atoms with Gasteiger partial charge in [-0.2, -0.15) is 0 Å². The van der Waals surface area contributed by atoms with Crippen molar-refractivity contribution in [2.45, 2.75) is 37.8 Å². The second-order valence-corrected chi connectivity index (χ2v) is 8.07. The summed E-state index contributed by atoms with van der Waals surface area (Å²) in [5.74, 6) is 1.23. The Hall–Kier alpha value is -2.98. The molecule has 3 heterocycles. The number of nitrogens with zero attached hydrogens (tertiary/aromatic N) is 6. The van der Waals surface area contributed by atoms with Gasteiger partial charge < -0.3 is 10.6 Å². The Morgan fingerprint density at radius 1 is 1.30 bits per heavy atom. The number of tetrazole rings is 1. The third-order valence-electron chi connectivity index (χ3n) is 5.15. The fourth-order valence-electron chi connectivity index (χ4n) is 3.65. The number of hydrogen-bond donors (Lipinski definition) is 2. The van der Waals surface area contributed by atoms with Gasteiger partial charge in [-0.25, -0.2) is 14.6 Å². The van der Waals surface area contributed by atoms with E-state index in [0.717, 1.165) is 29.1 Å². The molecule has 156 valence electrons. The molecular weight excluding hydrogens is 400 g/mol. The summed E-state index contributed by atoms with van der Waals surface area (Å²) in [7, 11) is 0. The average Bonchev–Trinajstić information content (AvgIpc) is 3.56. The zero-order valence-corrected chi connectivity index (χ0v) is 17.4. The first-order valence-electron chi connectivity index (χ1n) is 10.0. The highest BCUT2D eigenvalue weighted by atomic mass is 32.1. The van der Waals surface area contributed by atoms with Crippen LogP contribution in [0.2, 0.25) is 0 Å². The molecule has 1 amide bonds. The third-order valence-corrected chi connectivity index (χ3v) is 6.02. The maximum atomic E-state index is 11.4. The molecule has 0 aliphatic heterocycles. The van der Waals surface area contributed by atoms with Crippen molar-refractivity contribution in [1.29, 1.82) is 0 Å². The zero-order chi connectivity index (χ0) is 20.8. The highest BCUT2D eigenvalue weighted by Crippen LogP contribution is 2.31. The summed E-state index contributed by atoms with van der Waals surface area (Å²) < 4.78 is 1.93. The second kappa shape index (κ2) is 9.68. The predicted octanol–water partition coefficient (Wildman–Crippen LogP) is 2.29. The van der Waals surface area contributed by atoms with Crippen LogP contribution in [-0.2, 0) is 4.79 Å². The van der Waals surface area contributed by atoms with Crippen molar-refractivity contribution in [2.24, 2.45) is 0 Å². The molecule has 1 aliphatic carbocycles. The molecule has 3 aromatic rings. The Morgan fingerprint density at radius 3 is 2.80 bits per heavy atom. The van der Waals surface area contributed by atoms with Crippen LogP contribution in [0, 0.1) is 0 Å². The minimum Gasteiger partial charge on any atom is -0.351 e. The summed E-state index contributed by atoms with van der Waals surface area (Å²) in [6.45, 7) is 4.46.